The predicted octanol–water partition coefficient (Wildman–Crippen LogP) is 5.75. The Kier molecular flexibility index (Phi) is 4.02. The van der Waals surface area contributed by atoms with E-state index in [-0.39, 0.29) is 0 Å². The van der Waals surface area contributed by atoms with Crippen molar-refractivity contribution in [1.82, 2.24) is 0 Å². The van der Waals surface area contributed by atoms with Crippen molar-refractivity contribution in [1.29, 1.82) is 0 Å². The summed E-state index contributed by atoms with van der Waals surface area (Å²) in [5, 5.41) is 0. The average Bonchev–Trinajstić information content (AvgIpc) is 3.17. The van der Waals surface area contributed by atoms with E-state index in [9.17, 15) is 0 Å². The second kappa shape index (κ2) is 5.96. The molecule has 0 unspecified atom stereocenters. The Morgan fingerprint density at radius 3 is 1.27 bits per heavy atom. The zero-order chi connectivity index (χ0) is 15.7. The molecule has 0 nitrogen and oxygen atoms in total. The summed E-state index contributed by atoms with van der Waals surface area (Å²) in [7, 11) is 0. The van der Waals surface area contributed by atoms with E-state index in [2.05, 4.69) is 76.3 Å². The molecule has 0 amide bonds. The van der Waals surface area contributed by atoms with Crippen molar-refractivity contribution in [2.45, 2.75) is 40.5 Å². The van der Waals surface area contributed by atoms with Gasteiger partial charge in [0.05, 0.1) is 0 Å². The molecule has 112 valence electrons. The zero-order valence-corrected chi connectivity index (χ0v) is 14.0. The van der Waals surface area contributed by atoms with Crippen molar-refractivity contribution in [3.8, 4) is 0 Å². The smallest absolute Gasteiger partial charge is 0.00854 e. The first-order chi connectivity index (χ1) is 10.6. The molecule has 0 aromatic heterocycles. The summed E-state index contributed by atoms with van der Waals surface area (Å²) in [4.78, 5) is 0. The molecule has 0 saturated carbocycles. The van der Waals surface area contributed by atoms with Crippen LogP contribution in [0, 0.1) is 27.7 Å². The minimum absolute atomic E-state index is 1.13. The van der Waals surface area contributed by atoms with Gasteiger partial charge in [-0.25, -0.2) is 0 Å². The van der Waals surface area contributed by atoms with Gasteiger partial charge in [0, 0.05) is 0 Å². The number of hydrogen-bond acceptors (Lipinski definition) is 0. The van der Waals surface area contributed by atoms with Gasteiger partial charge in [-0.3, -0.25) is 0 Å². The van der Waals surface area contributed by atoms with Crippen LogP contribution in [0.3, 0.4) is 0 Å². The molecule has 0 heterocycles. The van der Waals surface area contributed by atoms with Crippen LogP contribution in [-0.2, 0) is 12.8 Å². The van der Waals surface area contributed by atoms with Gasteiger partial charge in [0.25, 0.3) is 0 Å². The lowest BCUT2D eigenvalue weighted by Gasteiger charge is -2.05. The second-order valence-corrected chi connectivity index (χ2v) is 6.40. The fraction of sp³-hybridized carbons (Fsp3) is 0.273. The molecule has 2 aromatic carbocycles. The van der Waals surface area contributed by atoms with E-state index in [1.807, 2.05) is 0 Å². The van der Waals surface area contributed by atoms with Gasteiger partial charge in [0.15, 0.2) is 0 Å². The van der Waals surface area contributed by atoms with Gasteiger partial charge in [-0.1, -0.05) is 48.6 Å². The zero-order valence-electron chi connectivity index (χ0n) is 14.0. The molecule has 0 atom stereocenters. The Morgan fingerprint density at radius 1 is 0.545 bits per heavy atom. The highest BCUT2D eigenvalue weighted by atomic mass is 14.1. The third-order valence-corrected chi connectivity index (χ3v) is 4.83. The molecule has 0 radical (unpaired) electrons. The molecule has 0 heteroatoms. The molecule has 2 aliphatic rings. The van der Waals surface area contributed by atoms with Crippen molar-refractivity contribution in [2.24, 2.45) is 0 Å². The molecular formula is C22H24. The van der Waals surface area contributed by atoms with Crippen LogP contribution in [0.15, 0.2) is 36.4 Å². The summed E-state index contributed by atoms with van der Waals surface area (Å²) in [6.07, 6.45) is 11.2. The van der Waals surface area contributed by atoms with Gasteiger partial charge in [-0.2, -0.15) is 0 Å². The maximum Gasteiger partial charge on any atom is -0.00854 e. The third kappa shape index (κ3) is 2.66. The van der Waals surface area contributed by atoms with Crippen molar-refractivity contribution in [3.05, 3.63) is 80.9 Å². The summed E-state index contributed by atoms with van der Waals surface area (Å²) < 4.78 is 0. The molecule has 4 rings (SSSR count). The van der Waals surface area contributed by atoms with E-state index in [1.54, 1.807) is 0 Å². The van der Waals surface area contributed by atoms with Crippen LogP contribution in [0.1, 0.15) is 44.5 Å². The first-order valence-electron chi connectivity index (χ1n) is 8.09. The van der Waals surface area contributed by atoms with Crippen molar-refractivity contribution >= 4 is 12.2 Å². The Balaban J connectivity index is 0.000000131. The molecular weight excluding hydrogens is 264 g/mol. The number of aryl methyl sites for hydroxylation is 4. The van der Waals surface area contributed by atoms with Gasteiger partial charge in [0.2, 0.25) is 0 Å². The van der Waals surface area contributed by atoms with Crippen molar-refractivity contribution in [3.63, 3.8) is 0 Å². The van der Waals surface area contributed by atoms with E-state index in [4.69, 9.17) is 0 Å². The van der Waals surface area contributed by atoms with E-state index < -0.39 is 0 Å². The second-order valence-electron chi connectivity index (χ2n) is 6.40. The van der Waals surface area contributed by atoms with E-state index in [0.717, 1.165) is 12.8 Å². The van der Waals surface area contributed by atoms with Crippen LogP contribution in [0.4, 0.5) is 0 Å². The standard InChI is InChI=1S/2C11H12/c2*1-8-6-7-9(2)11-5-3-4-10(8)11/h2*3-4,6-7H,5H2,1-2H3. The summed E-state index contributed by atoms with van der Waals surface area (Å²) >= 11 is 0. The van der Waals surface area contributed by atoms with Crippen LogP contribution in [-0.4, -0.2) is 0 Å². The highest BCUT2D eigenvalue weighted by molar-refractivity contribution is 5.65. The lowest BCUT2D eigenvalue weighted by Crippen LogP contribution is -1.89. The van der Waals surface area contributed by atoms with E-state index in [0.29, 0.717) is 0 Å². The monoisotopic (exact) mass is 288 g/mol. The topological polar surface area (TPSA) is 0 Å². The summed E-state index contributed by atoms with van der Waals surface area (Å²) in [5.41, 5.74) is 11.6. The molecule has 0 spiro atoms. The summed E-state index contributed by atoms with van der Waals surface area (Å²) in [6.45, 7) is 8.72. The molecule has 22 heavy (non-hydrogen) atoms. The molecule has 0 bridgehead atoms. The number of fused-ring (bicyclic) bond motifs is 2. The number of allylic oxidation sites excluding steroid dienone is 2. The molecule has 0 N–H and O–H groups in total. The molecule has 0 fully saturated rings. The largest absolute Gasteiger partial charge is 0.0795 e. The van der Waals surface area contributed by atoms with Crippen molar-refractivity contribution < 1.29 is 0 Å². The normalized spacial score (nSPS) is 13.6. The van der Waals surface area contributed by atoms with Crippen LogP contribution in [0.25, 0.3) is 12.2 Å². The molecule has 0 saturated heterocycles. The van der Waals surface area contributed by atoms with Gasteiger partial charge < -0.3 is 0 Å². The van der Waals surface area contributed by atoms with Crippen LogP contribution in [0.5, 0.6) is 0 Å². The molecule has 2 aliphatic carbocycles. The lowest BCUT2D eigenvalue weighted by molar-refractivity contribution is 1.22. The Bertz CT molecular complexity index is 706. The predicted molar refractivity (Wildman–Crippen MR) is 97.3 cm³/mol. The Morgan fingerprint density at radius 2 is 0.909 bits per heavy atom. The third-order valence-electron chi connectivity index (χ3n) is 4.83. The van der Waals surface area contributed by atoms with Gasteiger partial charge in [0.1, 0.15) is 0 Å². The highest BCUT2D eigenvalue weighted by Gasteiger charge is 2.09. The number of hydrogen-bond donors (Lipinski definition) is 0. The molecule has 0 aliphatic heterocycles. The van der Waals surface area contributed by atoms with E-state index >= 15 is 0 Å². The van der Waals surface area contributed by atoms with Crippen molar-refractivity contribution in [2.75, 3.05) is 0 Å². The lowest BCUT2D eigenvalue weighted by atomic mass is 10.00. The quantitative estimate of drug-likeness (QED) is 0.579. The van der Waals surface area contributed by atoms with E-state index in [1.165, 1.54) is 44.5 Å². The van der Waals surface area contributed by atoms with Gasteiger partial charge >= 0.3 is 0 Å². The van der Waals surface area contributed by atoms with Gasteiger partial charge in [-0.15, -0.1) is 0 Å². The SMILES string of the molecule is Cc1ccc(C)c2c1C=CC2.Cc1ccc(C)c2c1C=CC2. The van der Waals surface area contributed by atoms with Crippen LogP contribution in [0.2, 0.25) is 0 Å². The van der Waals surface area contributed by atoms with Gasteiger partial charge in [-0.05, 0) is 85.0 Å². The highest BCUT2D eigenvalue weighted by Crippen LogP contribution is 2.26. The fourth-order valence-corrected chi connectivity index (χ4v) is 3.38. The van der Waals surface area contributed by atoms with Crippen LogP contribution < -0.4 is 0 Å². The summed E-state index contributed by atoms with van der Waals surface area (Å²) in [5.74, 6) is 0. The fourth-order valence-electron chi connectivity index (χ4n) is 3.38. The average molecular weight is 288 g/mol. The summed E-state index contributed by atoms with van der Waals surface area (Å²) in [6, 6.07) is 8.82. The minimum atomic E-state index is 1.13. The maximum atomic E-state index is 2.24. The first-order valence-corrected chi connectivity index (χ1v) is 8.09. The first kappa shape index (κ1) is 14.8. The van der Waals surface area contributed by atoms with Crippen LogP contribution >= 0.6 is 0 Å². The minimum Gasteiger partial charge on any atom is -0.0795 e. The number of rotatable bonds is 0. The maximum absolute atomic E-state index is 2.24. The molecule has 2 aromatic rings. The Hall–Kier alpha value is -2.08. The Labute approximate surface area is 134 Å². The number of benzene rings is 2.